The molecule has 30 heavy (non-hydrogen) atoms. The van der Waals surface area contributed by atoms with Crippen molar-refractivity contribution in [3.8, 4) is 5.75 Å². The fourth-order valence-electron chi connectivity index (χ4n) is 3.93. The van der Waals surface area contributed by atoms with Crippen molar-refractivity contribution in [3.63, 3.8) is 0 Å². The summed E-state index contributed by atoms with van der Waals surface area (Å²) in [6.45, 7) is 3.99. The highest BCUT2D eigenvalue weighted by atomic mass is 16.5. The first-order valence-electron chi connectivity index (χ1n) is 10.9. The molecule has 3 heterocycles. The summed E-state index contributed by atoms with van der Waals surface area (Å²) in [7, 11) is 3.54. The molecule has 8 heteroatoms. The normalized spacial score (nSPS) is 17.4. The number of anilines is 3. The van der Waals surface area contributed by atoms with E-state index < -0.39 is 0 Å². The predicted octanol–water partition coefficient (Wildman–Crippen LogP) is 3.33. The molecule has 160 valence electrons. The Morgan fingerprint density at radius 2 is 1.43 bits per heavy atom. The fourth-order valence-corrected chi connectivity index (χ4v) is 3.93. The number of hydrogen-bond donors (Lipinski definition) is 0. The van der Waals surface area contributed by atoms with Gasteiger partial charge in [0.25, 0.3) is 5.95 Å². The molecule has 0 saturated carbocycles. The highest BCUT2D eigenvalue weighted by Gasteiger charge is 2.21. The molecule has 2 aliphatic rings. The lowest BCUT2D eigenvalue weighted by molar-refractivity contribution is 0.414. The largest absolute Gasteiger partial charge is 0.496 e. The molecular formula is C22H31N7O. The smallest absolute Gasteiger partial charge is 0.252 e. The molecule has 0 unspecified atom stereocenters. The molecule has 2 aliphatic heterocycles. The molecule has 0 bridgehead atoms. The van der Waals surface area contributed by atoms with Crippen molar-refractivity contribution in [1.82, 2.24) is 15.0 Å². The van der Waals surface area contributed by atoms with Gasteiger partial charge in [-0.25, -0.2) is 5.01 Å². The van der Waals surface area contributed by atoms with Crippen LogP contribution in [0, 0.1) is 0 Å². The third kappa shape index (κ3) is 4.80. The number of piperidine rings is 2. The summed E-state index contributed by atoms with van der Waals surface area (Å²) in [5.41, 5.74) is 0.911. The van der Waals surface area contributed by atoms with Crippen LogP contribution < -0.4 is 19.5 Å². The first kappa shape index (κ1) is 20.4. The molecule has 4 rings (SSSR count). The average molecular weight is 410 g/mol. The van der Waals surface area contributed by atoms with E-state index >= 15 is 0 Å². The van der Waals surface area contributed by atoms with Crippen LogP contribution in [-0.2, 0) is 0 Å². The van der Waals surface area contributed by atoms with Gasteiger partial charge in [0.15, 0.2) is 0 Å². The van der Waals surface area contributed by atoms with Gasteiger partial charge in [-0.05, 0) is 50.7 Å². The third-order valence-corrected chi connectivity index (χ3v) is 5.68. The van der Waals surface area contributed by atoms with E-state index in [0.717, 1.165) is 49.4 Å². The van der Waals surface area contributed by atoms with Crippen LogP contribution in [-0.4, -0.2) is 61.5 Å². The maximum Gasteiger partial charge on any atom is 0.252 e. The molecule has 0 aliphatic carbocycles. The van der Waals surface area contributed by atoms with E-state index in [2.05, 4.69) is 14.9 Å². The molecule has 1 aromatic carbocycles. The maximum atomic E-state index is 5.42. The average Bonchev–Trinajstić information content (AvgIpc) is 2.83. The van der Waals surface area contributed by atoms with Crippen LogP contribution in [0.4, 0.5) is 17.8 Å². The summed E-state index contributed by atoms with van der Waals surface area (Å²) in [6, 6.07) is 7.81. The van der Waals surface area contributed by atoms with Crippen LogP contribution in [0.25, 0.3) is 0 Å². The quantitative estimate of drug-likeness (QED) is 0.535. The first-order chi connectivity index (χ1) is 14.7. The molecule has 0 radical (unpaired) electrons. The Kier molecular flexibility index (Phi) is 6.61. The molecule has 2 aromatic rings. The van der Waals surface area contributed by atoms with E-state index in [-0.39, 0.29) is 0 Å². The highest BCUT2D eigenvalue weighted by Crippen LogP contribution is 2.24. The van der Waals surface area contributed by atoms with Crippen LogP contribution in [0.5, 0.6) is 5.75 Å². The van der Waals surface area contributed by atoms with Crippen molar-refractivity contribution in [2.24, 2.45) is 5.10 Å². The van der Waals surface area contributed by atoms with Crippen LogP contribution in [0.15, 0.2) is 29.4 Å². The molecule has 0 N–H and O–H groups in total. The Labute approximate surface area is 178 Å². The summed E-state index contributed by atoms with van der Waals surface area (Å²) in [5.74, 6) is 2.88. The van der Waals surface area contributed by atoms with Crippen molar-refractivity contribution in [3.05, 3.63) is 29.8 Å². The van der Waals surface area contributed by atoms with Gasteiger partial charge in [-0.1, -0.05) is 12.1 Å². The minimum atomic E-state index is 0.567. The molecule has 1 aromatic heterocycles. The minimum Gasteiger partial charge on any atom is -0.496 e. The highest BCUT2D eigenvalue weighted by molar-refractivity contribution is 5.84. The first-order valence-corrected chi connectivity index (χ1v) is 10.9. The predicted molar refractivity (Wildman–Crippen MR) is 121 cm³/mol. The third-order valence-electron chi connectivity index (χ3n) is 5.68. The Morgan fingerprint density at radius 1 is 0.867 bits per heavy atom. The molecule has 2 saturated heterocycles. The van der Waals surface area contributed by atoms with E-state index in [1.165, 1.54) is 38.5 Å². The monoisotopic (exact) mass is 409 g/mol. The van der Waals surface area contributed by atoms with E-state index in [9.17, 15) is 0 Å². The van der Waals surface area contributed by atoms with Gasteiger partial charge in [0.05, 0.1) is 13.3 Å². The second kappa shape index (κ2) is 9.73. The van der Waals surface area contributed by atoms with Gasteiger partial charge in [0.2, 0.25) is 11.9 Å². The molecule has 8 nitrogen and oxygen atoms in total. The van der Waals surface area contributed by atoms with Crippen molar-refractivity contribution >= 4 is 24.1 Å². The lowest BCUT2D eigenvalue weighted by Crippen LogP contribution is -2.35. The Hall–Kier alpha value is -2.90. The maximum absolute atomic E-state index is 5.42. The summed E-state index contributed by atoms with van der Waals surface area (Å²) in [5, 5.41) is 6.30. The molecule has 2 fully saturated rings. The number of para-hydroxylation sites is 1. The van der Waals surface area contributed by atoms with Gasteiger partial charge in [-0.15, -0.1) is 0 Å². The van der Waals surface area contributed by atoms with E-state index in [0.29, 0.717) is 5.95 Å². The van der Waals surface area contributed by atoms with Crippen molar-refractivity contribution in [2.75, 3.05) is 55.1 Å². The van der Waals surface area contributed by atoms with Gasteiger partial charge in [0, 0.05) is 38.8 Å². The lowest BCUT2D eigenvalue weighted by atomic mass is 10.1. The van der Waals surface area contributed by atoms with E-state index in [1.54, 1.807) is 18.3 Å². The zero-order valence-corrected chi connectivity index (χ0v) is 18.0. The van der Waals surface area contributed by atoms with Crippen molar-refractivity contribution in [1.29, 1.82) is 0 Å². The molecule has 0 spiro atoms. The topological polar surface area (TPSA) is 70.0 Å². The second-order valence-electron chi connectivity index (χ2n) is 7.84. The van der Waals surface area contributed by atoms with Gasteiger partial charge >= 0.3 is 0 Å². The van der Waals surface area contributed by atoms with Gasteiger partial charge in [-0.3, -0.25) is 0 Å². The molecular weight excluding hydrogens is 378 g/mol. The number of nitrogens with zero attached hydrogens (tertiary/aromatic N) is 7. The Balaban J connectivity index is 1.62. The lowest BCUT2D eigenvalue weighted by Gasteiger charge is -2.30. The standard InChI is InChI=1S/C22H31N7O/c1-27(23-17-18-11-5-6-12-19(18)30-2)20-24-21(28-13-7-3-8-14-28)26-22(25-20)29-15-9-4-10-16-29/h5-6,11-12,17H,3-4,7-10,13-16H2,1-2H3/b23-17+. The van der Waals surface area contributed by atoms with Crippen molar-refractivity contribution in [2.45, 2.75) is 38.5 Å². The minimum absolute atomic E-state index is 0.567. The summed E-state index contributed by atoms with van der Waals surface area (Å²) >= 11 is 0. The Morgan fingerprint density at radius 3 is 2.00 bits per heavy atom. The zero-order chi connectivity index (χ0) is 20.8. The second-order valence-corrected chi connectivity index (χ2v) is 7.84. The molecule has 0 atom stereocenters. The van der Waals surface area contributed by atoms with E-state index in [1.807, 2.05) is 31.3 Å². The number of rotatable bonds is 6. The fraction of sp³-hybridized carbons (Fsp3) is 0.545. The summed E-state index contributed by atoms with van der Waals surface area (Å²) in [6.07, 6.45) is 9.06. The summed E-state index contributed by atoms with van der Waals surface area (Å²) in [4.78, 5) is 18.9. The molecule has 0 amide bonds. The van der Waals surface area contributed by atoms with Crippen LogP contribution in [0.2, 0.25) is 0 Å². The zero-order valence-electron chi connectivity index (χ0n) is 18.0. The van der Waals surface area contributed by atoms with Crippen molar-refractivity contribution < 1.29 is 4.74 Å². The number of hydrogen-bond acceptors (Lipinski definition) is 8. The number of hydrazone groups is 1. The summed E-state index contributed by atoms with van der Waals surface area (Å²) < 4.78 is 5.42. The number of methoxy groups -OCH3 is 1. The van der Waals surface area contributed by atoms with Crippen LogP contribution >= 0.6 is 0 Å². The number of benzene rings is 1. The van der Waals surface area contributed by atoms with Gasteiger partial charge in [0.1, 0.15) is 5.75 Å². The number of aromatic nitrogens is 3. The Bertz CT molecular complexity index is 824. The van der Waals surface area contributed by atoms with E-state index in [4.69, 9.17) is 19.7 Å². The van der Waals surface area contributed by atoms with Gasteiger partial charge in [-0.2, -0.15) is 20.1 Å². The SMILES string of the molecule is COc1ccccc1/C=N/N(C)c1nc(N2CCCCC2)nc(N2CCCCC2)n1. The number of ether oxygens (including phenoxy) is 1. The van der Waals surface area contributed by atoms with Gasteiger partial charge < -0.3 is 14.5 Å². The van der Waals surface area contributed by atoms with Crippen LogP contribution in [0.3, 0.4) is 0 Å². The van der Waals surface area contributed by atoms with Crippen LogP contribution in [0.1, 0.15) is 44.1 Å².